The number of carbonyl (C=O) groups excluding carboxylic acids is 2. The van der Waals surface area contributed by atoms with Crippen LogP contribution in [0.1, 0.15) is 28.0 Å². The molecule has 1 amide bonds. The lowest BCUT2D eigenvalue weighted by Crippen LogP contribution is -2.26. The van der Waals surface area contributed by atoms with Crippen molar-refractivity contribution in [1.82, 2.24) is 14.7 Å². The van der Waals surface area contributed by atoms with E-state index < -0.39 is 16.8 Å². The van der Waals surface area contributed by atoms with E-state index in [4.69, 9.17) is 4.74 Å². The summed E-state index contributed by atoms with van der Waals surface area (Å²) >= 11 is 0. The molecule has 0 unspecified atom stereocenters. The number of amides is 1. The van der Waals surface area contributed by atoms with E-state index in [1.54, 1.807) is 12.3 Å². The van der Waals surface area contributed by atoms with E-state index in [0.717, 1.165) is 5.56 Å². The lowest BCUT2D eigenvalue weighted by molar-refractivity contribution is -0.384. The van der Waals surface area contributed by atoms with E-state index in [-0.39, 0.29) is 36.4 Å². The van der Waals surface area contributed by atoms with E-state index in [0.29, 0.717) is 11.3 Å². The zero-order valence-electron chi connectivity index (χ0n) is 16.0. The molecule has 3 aromatic rings. The number of benzene rings is 1. The molecule has 0 aliphatic rings. The average molecular weight is 410 g/mol. The van der Waals surface area contributed by atoms with Crippen molar-refractivity contribution in [3.8, 4) is 0 Å². The fraction of sp³-hybridized carbons (Fsp3) is 0.200. The highest BCUT2D eigenvalue weighted by molar-refractivity contribution is 5.94. The molecule has 0 saturated carbocycles. The normalized spacial score (nSPS) is 10.6. The van der Waals surface area contributed by atoms with Crippen molar-refractivity contribution in [2.45, 2.75) is 20.0 Å². The van der Waals surface area contributed by atoms with Gasteiger partial charge in [-0.1, -0.05) is 6.07 Å². The number of pyridine rings is 1. The van der Waals surface area contributed by atoms with Gasteiger partial charge in [-0.15, -0.1) is 0 Å². The number of ether oxygens (including phenoxy) is 1. The summed E-state index contributed by atoms with van der Waals surface area (Å²) in [7, 11) is 0. The fourth-order valence-electron chi connectivity index (χ4n) is 2.72. The van der Waals surface area contributed by atoms with E-state index in [2.05, 4.69) is 10.3 Å². The summed E-state index contributed by atoms with van der Waals surface area (Å²) in [6, 6.07) is 9.99. The highest BCUT2D eigenvalue weighted by Gasteiger charge is 2.11. The topological polar surface area (TPSA) is 133 Å². The highest BCUT2D eigenvalue weighted by Crippen LogP contribution is 2.11. The van der Waals surface area contributed by atoms with Gasteiger partial charge >= 0.3 is 5.97 Å². The Bertz CT molecular complexity index is 1170. The minimum atomic E-state index is -0.564. The number of non-ortho nitro benzene ring substituents is 1. The second-order valence-corrected chi connectivity index (χ2v) is 6.44. The molecule has 154 valence electrons. The van der Waals surface area contributed by atoms with Gasteiger partial charge in [0.05, 0.1) is 17.0 Å². The average Bonchev–Trinajstić information content (AvgIpc) is 2.73. The number of aromatic nitrogens is 2. The lowest BCUT2D eigenvalue weighted by Gasteiger charge is -2.08. The van der Waals surface area contributed by atoms with Crippen molar-refractivity contribution in [3.05, 3.63) is 86.0 Å². The number of nitro benzene ring substituents is 1. The standard InChI is InChI=1S/C20H18N4O6/c1-13-3-2-10-23-17(25)11-15(22-19(13)23)12-30-18(26)8-9-21-20(27)14-4-6-16(7-5-14)24(28)29/h2-7,10-11H,8-9,12H2,1H3,(H,21,27). The quantitative estimate of drug-likeness (QED) is 0.356. The van der Waals surface area contributed by atoms with Gasteiger partial charge in [0.1, 0.15) is 12.3 Å². The van der Waals surface area contributed by atoms with Crippen LogP contribution in [0.4, 0.5) is 5.69 Å². The molecule has 2 heterocycles. The van der Waals surface area contributed by atoms with Crippen LogP contribution >= 0.6 is 0 Å². The zero-order chi connectivity index (χ0) is 21.7. The molecule has 0 spiro atoms. The number of nitrogens with one attached hydrogen (secondary N) is 1. The third-order valence-electron chi connectivity index (χ3n) is 4.28. The number of esters is 1. The molecule has 0 saturated heterocycles. The number of hydrogen-bond donors (Lipinski definition) is 1. The van der Waals surface area contributed by atoms with Gasteiger partial charge in [0.15, 0.2) is 0 Å². The molecule has 0 atom stereocenters. The Morgan fingerprint density at radius 2 is 1.97 bits per heavy atom. The summed E-state index contributed by atoms with van der Waals surface area (Å²) < 4.78 is 6.54. The van der Waals surface area contributed by atoms with Crippen LogP contribution in [0.25, 0.3) is 5.65 Å². The molecule has 10 nitrogen and oxygen atoms in total. The molecular formula is C20H18N4O6. The molecule has 2 aromatic heterocycles. The van der Waals surface area contributed by atoms with Crippen LogP contribution in [0.15, 0.2) is 53.5 Å². The Morgan fingerprint density at radius 1 is 1.23 bits per heavy atom. The highest BCUT2D eigenvalue weighted by atomic mass is 16.6. The SMILES string of the molecule is Cc1cccn2c(=O)cc(COC(=O)CCNC(=O)c3ccc([N+](=O)[O-])cc3)nc12. The summed E-state index contributed by atoms with van der Waals surface area (Å²) in [4.78, 5) is 50.5. The first-order chi connectivity index (χ1) is 14.3. The van der Waals surface area contributed by atoms with Gasteiger partial charge in [-0.05, 0) is 30.7 Å². The van der Waals surface area contributed by atoms with Crippen molar-refractivity contribution < 1.29 is 19.2 Å². The molecule has 3 rings (SSSR count). The van der Waals surface area contributed by atoms with E-state index in [1.807, 2.05) is 13.0 Å². The van der Waals surface area contributed by atoms with Gasteiger partial charge in [-0.25, -0.2) is 4.98 Å². The molecule has 30 heavy (non-hydrogen) atoms. The van der Waals surface area contributed by atoms with Crippen LogP contribution in [0.2, 0.25) is 0 Å². The smallest absolute Gasteiger partial charge is 0.307 e. The first-order valence-electron chi connectivity index (χ1n) is 9.01. The maximum atomic E-state index is 12.1. The largest absolute Gasteiger partial charge is 0.459 e. The monoisotopic (exact) mass is 410 g/mol. The van der Waals surface area contributed by atoms with Gasteiger partial charge in [0.25, 0.3) is 17.2 Å². The Hall–Kier alpha value is -4.08. The predicted molar refractivity (Wildman–Crippen MR) is 106 cm³/mol. The number of nitrogens with zero attached hydrogens (tertiary/aromatic N) is 3. The van der Waals surface area contributed by atoms with Crippen LogP contribution in [-0.4, -0.2) is 32.7 Å². The second-order valence-electron chi connectivity index (χ2n) is 6.44. The first-order valence-corrected chi connectivity index (χ1v) is 9.01. The van der Waals surface area contributed by atoms with Crippen LogP contribution in [0.3, 0.4) is 0 Å². The Morgan fingerprint density at radius 3 is 2.67 bits per heavy atom. The molecule has 0 fully saturated rings. The van der Waals surface area contributed by atoms with E-state index in [9.17, 15) is 24.5 Å². The van der Waals surface area contributed by atoms with Gasteiger partial charge in [0.2, 0.25) is 0 Å². The maximum absolute atomic E-state index is 12.1. The molecular weight excluding hydrogens is 392 g/mol. The number of fused-ring (bicyclic) bond motifs is 1. The Labute approximate surface area is 170 Å². The van der Waals surface area contributed by atoms with Crippen LogP contribution in [-0.2, 0) is 16.1 Å². The summed E-state index contributed by atoms with van der Waals surface area (Å²) in [6.45, 7) is 1.70. The van der Waals surface area contributed by atoms with Gasteiger partial charge in [0, 0.05) is 36.5 Å². The first kappa shape index (κ1) is 20.6. The molecule has 0 radical (unpaired) electrons. The number of rotatable bonds is 7. The zero-order valence-corrected chi connectivity index (χ0v) is 16.0. The molecule has 0 aliphatic carbocycles. The summed E-state index contributed by atoms with van der Waals surface area (Å²) in [5.41, 5.74) is 1.49. The summed E-state index contributed by atoms with van der Waals surface area (Å²) in [5, 5.41) is 13.2. The predicted octanol–water partition coefficient (Wildman–Crippen LogP) is 1.77. The van der Waals surface area contributed by atoms with E-state index >= 15 is 0 Å². The second kappa shape index (κ2) is 8.95. The Balaban J connectivity index is 1.50. The number of hydrogen-bond acceptors (Lipinski definition) is 7. The molecule has 1 N–H and O–H groups in total. The Kier molecular flexibility index (Phi) is 6.16. The maximum Gasteiger partial charge on any atom is 0.307 e. The summed E-state index contributed by atoms with van der Waals surface area (Å²) in [6.07, 6.45) is 1.53. The minimum Gasteiger partial charge on any atom is -0.459 e. The summed E-state index contributed by atoms with van der Waals surface area (Å²) in [5.74, 6) is -1.02. The van der Waals surface area contributed by atoms with Gasteiger partial charge < -0.3 is 10.1 Å². The minimum absolute atomic E-state index is 0.0293. The molecule has 0 bridgehead atoms. The van der Waals surface area contributed by atoms with Crippen LogP contribution in [0, 0.1) is 17.0 Å². The molecule has 0 aliphatic heterocycles. The van der Waals surface area contributed by atoms with Crippen molar-refractivity contribution in [2.24, 2.45) is 0 Å². The molecule has 10 heteroatoms. The third-order valence-corrected chi connectivity index (χ3v) is 4.28. The van der Waals surface area contributed by atoms with Crippen molar-refractivity contribution >= 4 is 23.2 Å². The van der Waals surface area contributed by atoms with Crippen molar-refractivity contribution in [2.75, 3.05) is 6.54 Å². The molecule has 1 aromatic carbocycles. The van der Waals surface area contributed by atoms with Gasteiger partial charge in [-0.2, -0.15) is 0 Å². The van der Waals surface area contributed by atoms with E-state index in [1.165, 1.54) is 34.7 Å². The third kappa shape index (κ3) is 4.85. The number of nitro groups is 1. The van der Waals surface area contributed by atoms with Crippen LogP contribution in [0.5, 0.6) is 0 Å². The van der Waals surface area contributed by atoms with Crippen molar-refractivity contribution in [3.63, 3.8) is 0 Å². The van der Waals surface area contributed by atoms with Gasteiger partial charge in [-0.3, -0.25) is 28.9 Å². The number of carbonyl (C=O) groups is 2. The lowest BCUT2D eigenvalue weighted by atomic mass is 10.2. The fourth-order valence-corrected chi connectivity index (χ4v) is 2.72. The number of aryl methyl sites for hydroxylation is 1. The van der Waals surface area contributed by atoms with Crippen molar-refractivity contribution in [1.29, 1.82) is 0 Å². The van der Waals surface area contributed by atoms with Crippen LogP contribution < -0.4 is 10.9 Å².